The first-order chi connectivity index (χ1) is 7.45. The molecule has 0 amide bonds. The van der Waals surface area contributed by atoms with Gasteiger partial charge in [-0.1, -0.05) is 11.6 Å². The van der Waals surface area contributed by atoms with E-state index in [1.54, 1.807) is 0 Å². The average Bonchev–Trinajstić information content (AvgIpc) is 2.21. The number of methoxy groups -OCH3 is 1. The number of halogens is 4. The Balaban J connectivity index is 3.20. The lowest BCUT2D eigenvalue weighted by Gasteiger charge is -2.10. The molecule has 0 aliphatic rings. The Hall–Kier alpha value is -0.880. The smallest absolute Gasteiger partial charge is 0.387 e. The van der Waals surface area contributed by atoms with E-state index in [4.69, 9.17) is 11.6 Å². The molecule has 0 heterocycles. The largest absolute Gasteiger partial charge is 0.465 e. The molecule has 0 saturated carbocycles. The van der Waals surface area contributed by atoms with Crippen molar-refractivity contribution in [3.05, 3.63) is 27.2 Å². The molecule has 0 saturated heterocycles. The Kier molecular flexibility index (Phi) is 4.49. The maximum absolute atomic E-state index is 12.0. The second kappa shape index (κ2) is 5.45. The topological polar surface area (TPSA) is 35.5 Å². The average molecular weight is 315 g/mol. The third kappa shape index (κ3) is 3.05. The fourth-order valence-corrected chi connectivity index (χ4v) is 1.70. The summed E-state index contributed by atoms with van der Waals surface area (Å²) < 4.78 is 32.8. The van der Waals surface area contributed by atoms with Crippen molar-refractivity contribution in [2.24, 2.45) is 0 Å². The van der Waals surface area contributed by atoms with Gasteiger partial charge in [-0.3, -0.25) is 0 Å². The summed E-state index contributed by atoms with van der Waals surface area (Å²) in [6, 6.07) is 2.46. The molecule has 7 heteroatoms. The van der Waals surface area contributed by atoms with E-state index in [1.807, 2.05) is 0 Å². The number of hydrogen-bond donors (Lipinski definition) is 0. The predicted molar refractivity (Wildman–Crippen MR) is 57.1 cm³/mol. The zero-order valence-electron chi connectivity index (χ0n) is 7.97. The van der Waals surface area contributed by atoms with E-state index >= 15 is 0 Å². The van der Waals surface area contributed by atoms with Gasteiger partial charge in [0.1, 0.15) is 5.75 Å². The van der Waals surface area contributed by atoms with Gasteiger partial charge >= 0.3 is 12.6 Å². The maximum atomic E-state index is 12.0. The van der Waals surface area contributed by atoms with Crippen LogP contribution in [0.15, 0.2) is 16.6 Å². The third-order valence-corrected chi connectivity index (χ3v) is 2.66. The number of esters is 1. The molecular formula is C9H6BrClF2O3. The summed E-state index contributed by atoms with van der Waals surface area (Å²) in [7, 11) is 1.17. The number of carbonyl (C=O) groups excluding carboxylic acids is 1. The summed E-state index contributed by atoms with van der Waals surface area (Å²) in [5, 5.41) is 0.0965. The van der Waals surface area contributed by atoms with Crippen LogP contribution in [0.4, 0.5) is 8.78 Å². The fraction of sp³-hybridized carbons (Fsp3) is 0.222. The van der Waals surface area contributed by atoms with Gasteiger partial charge in [-0.25, -0.2) is 4.79 Å². The SMILES string of the molecule is COC(=O)c1cc(Cl)cc(OC(F)F)c1Br. The molecule has 0 radical (unpaired) electrons. The predicted octanol–water partition coefficient (Wildman–Crippen LogP) is 3.49. The minimum atomic E-state index is -3.00. The maximum Gasteiger partial charge on any atom is 0.387 e. The Morgan fingerprint density at radius 3 is 2.62 bits per heavy atom. The minimum Gasteiger partial charge on any atom is -0.465 e. The number of carbonyl (C=O) groups is 1. The van der Waals surface area contributed by atoms with Crippen LogP contribution < -0.4 is 4.74 Å². The van der Waals surface area contributed by atoms with Crippen LogP contribution in [0.5, 0.6) is 5.75 Å². The van der Waals surface area contributed by atoms with Crippen LogP contribution in [0.3, 0.4) is 0 Å². The minimum absolute atomic E-state index is 0.0191. The highest BCUT2D eigenvalue weighted by molar-refractivity contribution is 9.10. The van der Waals surface area contributed by atoms with Crippen LogP contribution in [0.1, 0.15) is 10.4 Å². The highest BCUT2D eigenvalue weighted by Gasteiger charge is 2.18. The molecule has 0 aliphatic carbocycles. The molecule has 16 heavy (non-hydrogen) atoms. The molecule has 3 nitrogen and oxygen atoms in total. The summed E-state index contributed by atoms with van der Waals surface area (Å²) in [5.74, 6) is -0.920. The van der Waals surface area contributed by atoms with Gasteiger partial charge in [0.25, 0.3) is 0 Å². The van der Waals surface area contributed by atoms with E-state index in [0.717, 1.165) is 0 Å². The molecule has 88 valence electrons. The van der Waals surface area contributed by atoms with Crippen LogP contribution in [0.25, 0.3) is 0 Å². The summed E-state index contributed by atoms with van der Waals surface area (Å²) in [6.07, 6.45) is 0. The molecule has 0 spiro atoms. The van der Waals surface area contributed by atoms with Gasteiger partial charge in [-0.15, -0.1) is 0 Å². The van der Waals surface area contributed by atoms with Gasteiger partial charge in [0.15, 0.2) is 0 Å². The second-order valence-corrected chi connectivity index (χ2v) is 3.86. The highest BCUT2D eigenvalue weighted by atomic mass is 79.9. The molecule has 1 aromatic rings. The summed E-state index contributed by atoms with van der Waals surface area (Å²) in [6.45, 7) is -3.00. The molecule has 0 bridgehead atoms. The fourth-order valence-electron chi connectivity index (χ4n) is 1.00. The Bertz CT molecular complexity index is 412. The van der Waals surface area contributed by atoms with Crippen LogP contribution in [0, 0.1) is 0 Å². The molecule has 0 atom stereocenters. The first-order valence-corrected chi connectivity index (χ1v) is 5.15. The lowest BCUT2D eigenvalue weighted by molar-refractivity contribution is -0.0504. The molecule has 0 fully saturated rings. The highest BCUT2D eigenvalue weighted by Crippen LogP contribution is 2.33. The summed E-state index contributed by atoms with van der Waals surface area (Å²) >= 11 is 8.62. The van der Waals surface area contributed by atoms with Crippen LogP contribution >= 0.6 is 27.5 Å². The number of rotatable bonds is 3. The van der Waals surface area contributed by atoms with E-state index in [9.17, 15) is 13.6 Å². The number of ether oxygens (including phenoxy) is 2. The molecule has 0 aliphatic heterocycles. The van der Waals surface area contributed by atoms with Crippen molar-refractivity contribution in [3.63, 3.8) is 0 Å². The van der Waals surface area contributed by atoms with Crippen molar-refractivity contribution in [2.45, 2.75) is 6.61 Å². The normalized spacial score (nSPS) is 10.4. The second-order valence-electron chi connectivity index (χ2n) is 2.64. The van der Waals surface area contributed by atoms with Crippen LogP contribution in [-0.2, 0) is 4.74 Å². The Labute approximate surface area is 103 Å². The first-order valence-electron chi connectivity index (χ1n) is 3.98. The third-order valence-electron chi connectivity index (χ3n) is 1.63. The van der Waals surface area contributed by atoms with E-state index in [1.165, 1.54) is 19.2 Å². The molecule has 0 N–H and O–H groups in total. The van der Waals surface area contributed by atoms with E-state index in [2.05, 4.69) is 25.4 Å². The van der Waals surface area contributed by atoms with Crippen molar-refractivity contribution in [2.75, 3.05) is 7.11 Å². The van der Waals surface area contributed by atoms with E-state index in [-0.39, 0.29) is 20.8 Å². The lowest BCUT2D eigenvalue weighted by atomic mass is 10.2. The lowest BCUT2D eigenvalue weighted by Crippen LogP contribution is -2.07. The molecule has 1 aromatic carbocycles. The molecular weight excluding hydrogens is 309 g/mol. The van der Waals surface area contributed by atoms with Crippen molar-refractivity contribution in [1.82, 2.24) is 0 Å². The van der Waals surface area contributed by atoms with Gasteiger partial charge in [0.05, 0.1) is 17.1 Å². The number of alkyl halides is 2. The van der Waals surface area contributed by atoms with Gasteiger partial charge in [-0.05, 0) is 22.0 Å². The molecule has 1 rings (SSSR count). The van der Waals surface area contributed by atoms with Crippen molar-refractivity contribution in [3.8, 4) is 5.75 Å². The van der Waals surface area contributed by atoms with Crippen LogP contribution in [-0.4, -0.2) is 19.7 Å². The van der Waals surface area contributed by atoms with Crippen molar-refractivity contribution < 1.29 is 23.0 Å². The van der Waals surface area contributed by atoms with Crippen molar-refractivity contribution in [1.29, 1.82) is 0 Å². The number of hydrogen-bond acceptors (Lipinski definition) is 3. The van der Waals surface area contributed by atoms with E-state index < -0.39 is 12.6 Å². The molecule has 0 aromatic heterocycles. The zero-order valence-corrected chi connectivity index (χ0v) is 10.3. The Morgan fingerprint density at radius 1 is 1.50 bits per heavy atom. The van der Waals surface area contributed by atoms with Gasteiger partial charge in [0.2, 0.25) is 0 Å². The standard InChI is InChI=1S/C9H6BrClF2O3/c1-15-8(14)5-2-4(11)3-6(7(5)10)16-9(12)13/h2-3,9H,1H3. The Morgan fingerprint density at radius 2 is 2.12 bits per heavy atom. The van der Waals surface area contributed by atoms with Crippen molar-refractivity contribution >= 4 is 33.5 Å². The number of benzene rings is 1. The van der Waals surface area contributed by atoms with Gasteiger partial charge in [-0.2, -0.15) is 8.78 Å². The quantitative estimate of drug-likeness (QED) is 0.801. The molecule has 0 unspecified atom stereocenters. The summed E-state index contributed by atoms with van der Waals surface area (Å²) in [5.41, 5.74) is 0.0191. The van der Waals surface area contributed by atoms with E-state index in [0.29, 0.717) is 0 Å². The zero-order chi connectivity index (χ0) is 12.3. The first kappa shape index (κ1) is 13.2. The monoisotopic (exact) mass is 314 g/mol. The van der Waals surface area contributed by atoms with Crippen LogP contribution in [0.2, 0.25) is 5.02 Å². The van der Waals surface area contributed by atoms with Gasteiger partial charge < -0.3 is 9.47 Å². The summed E-state index contributed by atoms with van der Waals surface area (Å²) in [4.78, 5) is 11.3. The van der Waals surface area contributed by atoms with Gasteiger partial charge in [0, 0.05) is 11.1 Å².